The van der Waals surface area contributed by atoms with Crippen LogP contribution in [0.25, 0.3) is 10.9 Å². The fourth-order valence-corrected chi connectivity index (χ4v) is 3.78. The van der Waals surface area contributed by atoms with Crippen molar-refractivity contribution in [1.82, 2.24) is 14.6 Å². The molecule has 1 aromatic carbocycles. The molecule has 0 saturated carbocycles. The summed E-state index contributed by atoms with van der Waals surface area (Å²) in [5.41, 5.74) is 1.52. The molecule has 1 aliphatic heterocycles. The molecule has 4 rings (SSSR count). The number of likely N-dealkylation sites (tertiary alicyclic amines) is 1. The predicted octanol–water partition coefficient (Wildman–Crippen LogP) is 3.14. The lowest BCUT2D eigenvalue weighted by atomic mass is 10.0. The molecule has 0 spiro atoms. The SMILES string of the molecule is Cc1onc(C(=O)N2CCC(Nc3cc(=O)n(C)c4cc(F)c(F)cc34)CC2)c1C. The van der Waals surface area contributed by atoms with Gasteiger partial charge < -0.3 is 19.3 Å². The lowest BCUT2D eigenvalue weighted by molar-refractivity contribution is 0.0707. The molecule has 1 N–H and O–H groups in total. The Kier molecular flexibility index (Phi) is 5.05. The van der Waals surface area contributed by atoms with E-state index < -0.39 is 11.6 Å². The first kappa shape index (κ1) is 20.1. The minimum Gasteiger partial charge on any atom is -0.381 e. The molecule has 0 radical (unpaired) electrons. The molecular formula is C21H22F2N4O3. The third-order valence-corrected chi connectivity index (χ3v) is 5.79. The highest BCUT2D eigenvalue weighted by atomic mass is 19.2. The molecule has 7 nitrogen and oxygen atoms in total. The Hall–Kier alpha value is -3.23. The standard InChI is InChI=1S/C21H22F2N4O3/c1-11-12(2)30-25-20(11)21(29)27-6-4-13(5-7-27)24-17-10-19(28)26(3)18-9-16(23)15(22)8-14(17)18/h8-10,13,24H,4-7H2,1-3H3. The van der Waals surface area contributed by atoms with Gasteiger partial charge in [0.1, 0.15) is 5.76 Å². The van der Waals surface area contributed by atoms with Gasteiger partial charge in [0.15, 0.2) is 17.3 Å². The van der Waals surface area contributed by atoms with Crippen LogP contribution in [-0.2, 0) is 7.05 Å². The number of pyridine rings is 1. The number of anilines is 1. The van der Waals surface area contributed by atoms with Crippen molar-refractivity contribution in [2.45, 2.75) is 32.7 Å². The highest BCUT2D eigenvalue weighted by Crippen LogP contribution is 2.27. The van der Waals surface area contributed by atoms with Crippen molar-refractivity contribution >= 4 is 22.5 Å². The van der Waals surface area contributed by atoms with Crippen molar-refractivity contribution in [3.8, 4) is 0 Å². The van der Waals surface area contributed by atoms with Crippen molar-refractivity contribution in [3.05, 3.63) is 57.2 Å². The molecule has 1 saturated heterocycles. The Labute approximate surface area is 171 Å². The van der Waals surface area contributed by atoms with E-state index >= 15 is 0 Å². The average molecular weight is 416 g/mol. The van der Waals surface area contributed by atoms with Gasteiger partial charge in [-0.3, -0.25) is 9.59 Å². The first-order valence-corrected chi connectivity index (χ1v) is 9.73. The molecule has 3 heterocycles. The number of hydrogen-bond acceptors (Lipinski definition) is 5. The van der Waals surface area contributed by atoms with E-state index in [9.17, 15) is 18.4 Å². The molecule has 158 valence electrons. The van der Waals surface area contributed by atoms with Crippen LogP contribution in [0.15, 0.2) is 27.5 Å². The summed E-state index contributed by atoms with van der Waals surface area (Å²) in [5, 5.41) is 7.57. The Balaban J connectivity index is 1.52. The maximum atomic E-state index is 13.8. The molecular weight excluding hydrogens is 394 g/mol. The van der Waals surface area contributed by atoms with Gasteiger partial charge >= 0.3 is 0 Å². The van der Waals surface area contributed by atoms with Gasteiger partial charge in [0, 0.05) is 54.9 Å². The number of rotatable bonds is 3. The van der Waals surface area contributed by atoms with Gasteiger partial charge in [-0.1, -0.05) is 5.16 Å². The summed E-state index contributed by atoms with van der Waals surface area (Å²) in [6, 6.07) is 3.50. The summed E-state index contributed by atoms with van der Waals surface area (Å²) in [4.78, 5) is 26.7. The highest BCUT2D eigenvalue weighted by molar-refractivity contribution is 5.94. The molecule has 0 atom stereocenters. The minimum atomic E-state index is -1.00. The summed E-state index contributed by atoms with van der Waals surface area (Å²) in [5.74, 6) is -1.52. The molecule has 30 heavy (non-hydrogen) atoms. The number of amides is 1. The molecule has 0 aliphatic carbocycles. The maximum absolute atomic E-state index is 13.8. The lowest BCUT2D eigenvalue weighted by Gasteiger charge is -2.32. The molecule has 0 unspecified atom stereocenters. The van der Waals surface area contributed by atoms with Crippen molar-refractivity contribution in [3.63, 3.8) is 0 Å². The third-order valence-electron chi connectivity index (χ3n) is 5.79. The summed E-state index contributed by atoms with van der Waals surface area (Å²) >= 11 is 0. The van der Waals surface area contributed by atoms with E-state index in [1.165, 1.54) is 17.7 Å². The Morgan fingerprint density at radius 2 is 1.83 bits per heavy atom. The molecule has 9 heteroatoms. The third kappa shape index (κ3) is 3.44. The molecule has 1 amide bonds. The molecule has 1 aliphatic rings. The Bertz CT molecular complexity index is 1190. The second kappa shape index (κ2) is 7.55. The second-order valence-corrected chi connectivity index (χ2v) is 7.66. The molecule has 3 aromatic rings. The van der Waals surface area contributed by atoms with E-state index in [1.54, 1.807) is 18.7 Å². The number of nitrogens with one attached hydrogen (secondary N) is 1. The van der Waals surface area contributed by atoms with Crippen molar-refractivity contribution in [1.29, 1.82) is 0 Å². The van der Waals surface area contributed by atoms with E-state index in [4.69, 9.17) is 4.52 Å². The number of piperidine rings is 1. The highest BCUT2D eigenvalue weighted by Gasteiger charge is 2.27. The van der Waals surface area contributed by atoms with Crippen molar-refractivity contribution in [2.75, 3.05) is 18.4 Å². The van der Waals surface area contributed by atoms with Gasteiger partial charge in [0.05, 0.1) is 5.52 Å². The van der Waals surface area contributed by atoms with Gasteiger partial charge in [-0.15, -0.1) is 0 Å². The number of aryl methyl sites for hydroxylation is 2. The number of aromatic nitrogens is 2. The van der Waals surface area contributed by atoms with Crippen LogP contribution < -0.4 is 10.9 Å². The predicted molar refractivity (Wildman–Crippen MR) is 108 cm³/mol. The van der Waals surface area contributed by atoms with Crippen LogP contribution in [0, 0.1) is 25.5 Å². The van der Waals surface area contributed by atoms with Gasteiger partial charge in [0.2, 0.25) is 0 Å². The van der Waals surface area contributed by atoms with E-state index in [2.05, 4.69) is 10.5 Å². The number of hydrogen-bond donors (Lipinski definition) is 1. The monoisotopic (exact) mass is 416 g/mol. The number of halogens is 2. The molecule has 0 bridgehead atoms. The molecule has 2 aromatic heterocycles. The fourth-order valence-electron chi connectivity index (χ4n) is 3.78. The molecule has 1 fully saturated rings. The first-order chi connectivity index (χ1) is 14.3. The van der Waals surface area contributed by atoms with E-state index in [0.29, 0.717) is 54.0 Å². The lowest BCUT2D eigenvalue weighted by Crippen LogP contribution is -2.42. The van der Waals surface area contributed by atoms with Gasteiger partial charge in [-0.2, -0.15) is 0 Å². The van der Waals surface area contributed by atoms with E-state index in [1.807, 2.05) is 0 Å². The summed E-state index contributed by atoms with van der Waals surface area (Å²) in [6.07, 6.45) is 1.28. The summed E-state index contributed by atoms with van der Waals surface area (Å²) in [6.45, 7) is 4.58. The van der Waals surface area contributed by atoms with Crippen LogP contribution in [0.5, 0.6) is 0 Å². The van der Waals surface area contributed by atoms with Gasteiger partial charge in [-0.25, -0.2) is 8.78 Å². The largest absolute Gasteiger partial charge is 0.381 e. The van der Waals surface area contributed by atoms with E-state index in [0.717, 1.165) is 17.7 Å². The van der Waals surface area contributed by atoms with Crippen LogP contribution in [0.2, 0.25) is 0 Å². The number of carbonyl (C=O) groups excluding carboxylic acids is 1. The zero-order valence-corrected chi connectivity index (χ0v) is 17.0. The Morgan fingerprint density at radius 1 is 1.17 bits per heavy atom. The summed E-state index contributed by atoms with van der Waals surface area (Å²) < 4.78 is 33.9. The first-order valence-electron chi connectivity index (χ1n) is 9.73. The smallest absolute Gasteiger partial charge is 0.276 e. The van der Waals surface area contributed by atoms with Crippen LogP contribution in [0.1, 0.15) is 34.7 Å². The summed E-state index contributed by atoms with van der Waals surface area (Å²) in [7, 11) is 1.52. The quantitative estimate of drug-likeness (QED) is 0.710. The maximum Gasteiger partial charge on any atom is 0.276 e. The van der Waals surface area contributed by atoms with Crippen LogP contribution in [0.4, 0.5) is 14.5 Å². The zero-order valence-electron chi connectivity index (χ0n) is 17.0. The normalized spacial score (nSPS) is 15.0. The fraction of sp³-hybridized carbons (Fsp3) is 0.381. The van der Waals surface area contributed by atoms with Crippen LogP contribution in [-0.4, -0.2) is 39.7 Å². The number of nitrogens with zero attached hydrogens (tertiary/aromatic N) is 3. The zero-order chi connectivity index (χ0) is 21.6. The average Bonchev–Trinajstić information content (AvgIpc) is 3.06. The van der Waals surface area contributed by atoms with E-state index in [-0.39, 0.29) is 17.5 Å². The number of benzene rings is 1. The van der Waals surface area contributed by atoms with Crippen LogP contribution in [0.3, 0.4) is 0 Å². The van der Waals surface area contributed by atoms with Crippen molar-refractivity contribution < 1.29 is 18.1 Å². The number of carbonyl (C=O) groups is 1. The van der Waals surface area contributed by atoms with Gasteiger partial charge in [0.25, 0.3) is 11.5 Å². The van der Waals surface area contributed by atoms with Gasteiger partial charge in [-0.05, 0) is 32.8 Å². The van der Waals surface area contributed by atoms with Crippen molar-refractivity contribution in [2.24, 2.45) is 7.05 Å². The topological polar surface area (TPSA) is 80.4 Å². The number of fused-ring (bicyclic) bond motifs is 1. The minimum absolute atomic E-state index is 0.0161. The second-order valence-electron chi connectivity index (χ2n) is 7.66. The Morgan fingerprint density at radius 3 is 2.47 bits per heavy atom. The van der Waals surface area contributed by atoms with Crippen LogP contribution >= 0.6 is 0 Å².